The third-order valence-electron chi connectivity index (χ3n) is 3.56. The number of nitrogens with one attached hydrogen (secondary N) is 2. The SMILES string of the molecule is Cc1cc(NC(=S)NC(=O)C(C)Oc2ccc(Cl)cc2Cl)c(C)cc1I. The molecule has 2 rings (SSSR count). The van der Waals surface area contributed by atoms with Gasteiger partial charge in [0.2, 0.25) is 0 Å². The van der Waals surface area contributed by atoms with Gasteiger partial charge in [0.1, 0.15) is 5.75 Å². The Morgan fingerprint density at radius 2 is 1.88 bits per heavy atom. The summed E-state index contributed by atoms with van der Waals surface area (Å²) in [5.41, 5.74) is 3.01. The van der Waals surface area contributed by atoms with Gasteiger partial charge in [0.25, 0.3) is 5.91 Å². The van der Waals surface area contributed by atoms with Gasteiger partial charge in [-0.15, -0.1) is 0 Å². The molecule has 1 atom stereocenters. The second kappa shape index (κ2) is 9.21. The van der Waals surface area contributed by atoms with Gasteiger partial charge in [-0.3, -0.25) is 10.1 Å². The molecular formula is C18H17Cl2IN2O2S. The number of anilines is 1. The molecule has 0 bridgehead atoms. The van der Waals surface area contributed by atoms with Gasteiger partial charge in [-0.05, 0) is 97.0 Å². The quantitative estimate of drug-likeness (QED) is 0.411. The lowest BCUT2D eigenvalue weighted by Crippen LogP contribution is -2.42. The van der Waals surface area contributed by atoms with Gasteiger partial charge < -0.3 is 10.1 Å². The minimum Gasteiger partial charge on any atom is -0.479 e. The third kappa shape index (κ3) is 5.70. The lowest BCUT2D eigenvalue weighted by molar-refractivity contribution is -0.125. The zero-order chi connectivity index (χ0) is 19.4. The van der Waals surface area contributed by atoms with Crippen molar-refractivity contribution in [3.63, 3.8) is 0 Å². The predicted molar refractivity (Wildman–Crippen MR) is 120 cm³/mol. The molecule has 2 aromatic carbocycles. The van der Waals surface area contributed by atoms with Crippen LogP contribution in [0.1, 0.15) is 18.1 Å². The van der Waals surface area contributed by atoms with Crippen LogP contribution in [-0.4, -0.2) is 17.1 Å². The molecule has 0 aliphatic heterocycles. The first-order valence-corrected chi connectivity index (χ1v) is 9.92. The van der Waals surface area contributed by atoms with Crippen molar-refractivity contribution in [3.8, 4) is 5.75 Å². The largest absolute Gasteiger partial charge is 0.479 e. The maximum atomic E-state index is 12.3. The van der Waals surface area contributed by atoms with E-state index in [0.717, 1.165) is 16.8 Å². The fraction of sp³-hybridized carbons (Fsp3) is 0.222. The van der Waals surface area contributed by atoms with Crippen LogP contribution in [0.3, 0.4) is 0 Å². The minimum atomic E-state index is -0.784. The fourth-order valence-electron chi connectivity index (χ4n) is 2.10. The molecule has 0 saturated heterocycles. The van der Waals surface area contributed by atoms with Crippen LogP contribution in [0.2, 0.25) is 10.0 Å². The standard InChI is InChI=1S/C18H17Cl2IN2O2S/c1-9-7-15(10(2)6-14(9)21)22-18(26)23-17(24)11(3)25-16-5-4-12(19)8-13(16)20/h4-8,11H,1-3H3,(H2,22,23,24,26). The summed E-state index contributed by atoms with van der Waals surface area (Å²) in [4.78, 5) is 12.3. The number of ether oxygens (including phenoxy) is 1. The molecule has 0 aliphatic rings. The van der Waals surface area contributed by atoms with E-state index in [1.807, 2.05) is 19.9 Å². The van der Waals surface area contributed by atoms with Crippen molar-refractivity contribution in [2.45, 2.75) is 26.9 Å². The Morgan fingerprint density at radius 3 is 2.54 bits per heavy atom. The van der Waals surface area contributed by atoms with E-state index in [-0.39, 0.29) is 11.0 Å². The topological polar surface area (TPSA) is 50.4 Å². The number of thiocarbonyl (C=S) groups is 1. The van der Waals surface area contributed by atoms with Gasteiger partial charge >= 0.3 is 0 Å². The first kappa shape index (κ1) is 21.2. The average Bonchev–Trinajstić information content (AvgIpc) is 2.55. The fourth-order valence-corrected chi connectivity index (χ4v) is 3.38. The highest BCUT2D eigenvalue weighted by atomic mass is 127. The molecule has 0 spiro atoms. The van der Waals surface area contributed by atoms with Crippen LogP contribution in [0.5, 0.6) is 5.75 Å². The molecule has 0 aliphatic carbocycles. The summed E-state index contributed by atoms with van der Waals surface area (Å²) in [5, 5.41) is 6.70. The molecule has 1 amide bonds. The van der Waals surface area contributed by atoms with Crippen molar-refractivity contribution < 1.29 is 9.53 Å². The summed E-state index contributed by atoms with van der Waals surface area (Å²) in [7, 11) is 0. The van der Waals surface area contributed by atoms with E-state index < -0.39 is 6.10 Å². The van der Waals surface area contributed by atoms with Crippen molar-refractivity contribution in [2.24, 2.45) is 0 Å². The number of aryl methyl sites for hydroxylation is 2. The van der Waals surface area contributed by atoms with Crippen LogP contribution >= 0.6 is 58.0 Å². The molecule has 138 valence electrons. The Labute approximate surface area is 181 Å². The summed E-state index contributed by atoms with van der Waals surface area (Å²) in [6.07, 6.45) is -0.784. The molecule has 1 unspecified atom stereocenters. The number of hydrogen-bond donors (Lipinski definition) is 2. The number of halogens is 3. The van der Waals surface area contributed by atoms with Crippen LogP contribution < -0.4 is 15.4 Å². The van der Waals surface area contributed by atoms with Gasteiger partial charge in [0.15, 0.2) is 11.2 Å². The Kier molecular flexibility index (Phi) is 7.52. The second-order valence-corrected chi connectivity index (χ2v) is 8.11. The average molecular weight is 523 g/mol. The number of benzene rings is 2. The molecule has 0 heterocycles. The molecule has 2 N–H and O–H groups in total. The number of carbonyl (C=O) groups excluding carboxylic acids is 1. The van der Waals surface area contributed by atoms with E-state index in [0.29, 0.717) is 15.8 Å². The summed E-state index contributed by atoms with van der Waals surface area (Å²) < 4.78 is 6.75. The van der Waals surface area contributed by atoms with E-state index in [4.69, 9.17) is 40.2 Å². The van der Waals surface area contributed by atoms with Crippen LogP contribution in [0.25, 0.3) is 0 Å². The van der Waals surface area contributed by atoms with E-state index in [1.165, 1.54) is 3.57 Å². The van der Waals surface area contributed by atoms with Gasteiger partial charge in [-0.25, -0.2) is 0 Å². The summed E-state index contributed by atoms with van der Waals surface area (Å²) in [6, 6.07) is 8.85. The van der Waals surface area contributed by atoms with E-state index in [2.05, 4.69) is 39.3 Å². The van der Waals surface area contributed by atoms with Gasteiger partial charge in [0, 0.05) is 14.3 Å². The Balaban J connectivity index is 1.98. The maximum Gasteiger partial charge on any atom is 0.266 e. The third-order valence-corrected chi connectivity index (χ3v) is 5.45. The Hall–Kier alpha value is -1.09. The van der Waals surface area contributed by atoms with Crippen molar-refractivity contribution in [1.29, 1.82) is 0 Å². The van der Waals surface area contributed by atoms with Gasteiger partial charge in [0.05, 0.1) is 5.02 Å². The zero-order valence-electron chi connectivity index (χ0n) is 14.3. The molecule has 0 radical (unpaired) electrons. The highest BCUT2D eigenvalue weighted by Gasteiger charge is 2.18. The highest BCUT2D eigenvalue weighted by Crippen LogP contribution is 2.28. The van der Waals surface area contributed by atoms with E-state index >= 15 is 0 Å². The van der Waals surface area contributed by atoms with Crippen molar-refractivity contribution in [3.05, 3.63) is 55.1 Å². The van der Waals surface area contributed by atoms with Crippen molar-refractivity contribution >= 4 is 74.7 Å². The van der Waals surface area contributed by atoms with E-state index in [1.54, 1.807) is 25.1 Å². The molecule has 26 heavy (non-hydrogen) atoms. The van der Waals surface area contributed by atoms with Crippen molar-refractivity contribution in [2.75, 3.05) is 5.32 Å². The molecule has 2 aromatic rings. The minimum absolute atomic E-state index is 0.205. The summed E-state index contributed by atoms with van der Waals surface area (Å²) >= 11 is 19.4. The Bertz CT molecular complexity index is 861. The lowest BCUT2D eigenvalue weighted by atomic mass is 10.1. The molecule has 0 aromatic heterocycles. The normalized spacial score (nSPS) is 11.6. The zero-order valence-corrected chi connectivity index (χ0v) is 18.8. The highest BCUT2D eigenvalue weighted by molar-refractivity contribution is 14.1. The molecule has 0 fully saturated rings. The summed E-state index contributed by atoms with van der Waals surface area (Å²) in [6.45, 7) is 5.60. The second-order valence-electron chi connectivity index (χ2n) is 5.69. The lowest BCUT2D eigenvalue weighted by Gasteiger charge is -2.17. The molecular weight excluding hydrogens is 506 g/mol. The number of rotatable bonds is 4. The number of carbonyl (C=O) groups is 1. The van der Waals surface area contributed by atoms with Crippen LogP contribution in [0, 0.1) is 17.4 Å². The first-order valence-electron chi connectivity index (χ1n) is 7.67. The molecule has 8 heteroatoms. The van der Waals surface area contributed by atoms with Crippen LogP contribution in [0.4, 0.5) is 5.69 Å². The van der Waals surface area contributed by atoms with Gasteiger partial charge in [-0.2, -0.15) is 0 Å². The number of hydrogen-bond acceptors (Lipinski definition) is 3. The maximum absolute atomic E-state index is 12.3. The number of amides is 1. The van der Waals surface area contributed by atoms with Gasteiger partial charge in [-0.1, -0.05) is 23.2 Å². The van der Waals surface area contributed by atoms with Crippen molar-refractivity contribution in [1.82, 2.24) is 5.32 Å². The first-order chi connectivity index (χ1) is 12.2. The molecule has 0 saturated carbocycles. The molecule has 4 nitrogen and oxygen atoms in total. The van der Waals surface area contributed by atoms with E-state index in [9.17, 15) is 4.79 Å². The van der Waals surface area contributed by atoms with Crippen LogP contribution in [-0.2, 0) is 4.79 Å². The predicted octanol–water partition coefficient (Wildman–Crippen LogP) is 5.50. The summed E-state index contributed by atoms with van der Waals surface area (Å²) in [5.74, 6) is -0.00454. The monoisotopic (exact) mass is 522 g/mol. The van der Waals surface area contributed by atoms with Crippen LogP contribution in [0.15, 0.2) is 30.3 Å². The smallest absolute Gasteiger partial charge is 0.266 e. The Morgan fingerprint density at radius 1 is 1.19 bits per heavy atom.